The summed E-state index contributed by atoms with van der Waals surface area (Å²) in [6.07, 6.45) is 1.90. The Labute approximate surface area is 118 Å². The lowest BCUT2D eigenvalue weighted by Crippen LogP contribution is -2.35. The van der Waals surface area contributed by atoms with E-state index in [0.717, 1.165) is 40.6 Å². The molecule has 3 N–H and O–H groups in total. The molecule has 2 aromatic rings. The normalized spacial score (nSPS) is 22.8. The van der Waals surface area contributed by atoms with Crippen LogP contribution in [0.25, 0.3) is 11.0 Å². The fraction of sp³-hybridized carbons (Fsp3) is 0.385. The molecule has 1 fully saturated rings. The largest absolute Gasteiger partial charge is 0.465 e. The summed E-state index contributed by atoms with van der Waals surface area (Å²) < 4.78 is 0.990. The number of nitrogens with one attached hydrogen (secondary N) is 2. The lowest BCUT2D eigenvalue weighted by molar-refractivity contribution is 0.188. The third kappa shape index (κ3) is 2.45. The standard InChI is InChI=1S/C13H14BrN3O2/c14-7-4-5-10-11(6-7)16-12(15-10)8-2-1-3-9(8)17-13(18)19/h4-6,8-9,17H,1-3H2,(H,15,16)(H,18,19)/t8-,9+/m0/s1. The van der Waals surface area contributed by atoms with E-state index in [1.807, 2.05) is 18.2 Å². The fourth-order valence-corrected chi connectivity index (χ4v) is 3.14. The van der Waals surface area contributed by atoms with Crippen molar-refractivity contribution in [1.82, 2.24) is 15.3 Å². The van der Waals surface area contributed by atoms with Gasteiger partial charge in [0.1, 0.15) is 5.82 Å². The van der Waals surface area contributed by atoms with Gasteiger partial charge in [0, 0.05) is 16.4 Å². The number of amides is 1. The summed E-state index contributed by atoms with van der Waals surface area (Å²) in [5, 5.41) is 11.5. The number of rotatable bonds is 2. The first-order valence-electron chi connectivity index (χ1n) is 6.28. The maximum absolute atomic E-state index is 10.8. The van der Waals surface area contributed by atoms with Crippen LogP contribution in [0, 0.1) is 0 Å². The SMILES string of the molecule is O=C(O)N[C@@H]1CCC[C@@H]1c1nc2cc(Br)ccc2[nH]1. The van der Waals surface area contributed by atoms with Crippen LogP contribution in [0.1, 0.15) is 31.0 Å². The Kier molecular flexibility index (Phi) is 3.18. The summed E-state index contributed by atoms with van der Waals surface area (Å²) in [5.41, 5.74) is 1.89. The van der Waals surface area contributed by atoms with Crippen LogP contribution in [0.4, 0.5) is 4.79 Å². The number of H-pyrrole nitrogens is 1. The lowest BCUT2D eigenvalue weighted by atomic mass is 10.0. The summed E-state index contributed by atoms with van der Waals surface area (Å²) in [6, 6.07) is 5.86. The van der Waals surface area contributed by atoms with E-state index in [1.54, 1.807) is 0 Å². The number of fused-ring (bicyclic) bond motifs is 1. The van der Waals surface area contributed by atoms with Gasteiger partial charge in [-0.15, -0.1) is 0 Å². The van der Waals surface area contributed by atoms with Gasteiger partial charge in [-0.2, -0.15) is 0 Å². The van der Waals surface area contributed by atoms with Crippen LogP contribution < -0.4 is 5.32 Å². The van der Waals surface area contributed by atoms with E-state index < -0.39 is 6.09 Å². The molecule has 1 aromatic carbocycles. The van der Waals surface area contributed by atoms with Crippen LogP contribution in [0.2, 0.25) is 0 Å². The lowest BCUT2D eigenvalue weighted by Gasteiger charge is -2.17. The highest BCUT2D eigenvalue weighted by molar-refractivity contribution is 9.10. The summed E-state index contributed by atoms with van der Waals surface area (Å²) in [6.45, 7) is 0. The van der Waals surface area contributed by atoms with Crippen LogP contribution in [0.3, 0.4) is 0 Å². The number of hydrogen-bond acceptors (Lipinski definition) is 2. The maximum atomic E-state index is 10.8. The molecule has 1 aliphatic carbocycles. The number of imidazole rings is 1. The van der Waals surface area contributed by atoms with Crippen molar-refractivity contribution in [3.05, 3.63) is 28.5 Å². The summed E-state index contributed by atoms with van der Waals surface area (Å²) in [7, 11) is 0. The van der Waals surface area contributed by atoms with Crippen molar-refractivity contribution in [1.29, 1.82) is 0 Å². The van der Waals surface area contributed by atoms with Crippen molar-refractivity contribution in [2.24, 2.45) is 0 Å². The second-order valence-corrected chi connectivity index (χ2v) is 5.79. The number of halogens is 1. The number of aromatic nitrogens is 2. The first kappa shape index (κ1) is 12.5. The van der Waals surface area contributed by atoms with Gasteiger partial charge in [0.05, 0.1) is 11.0 Å². The van der Waals surface area contributed by atoms with Crippen LogP contribution >= 0.6 is 15.9 Å². The highest BCUT2D eigenvalue weighted by Gasteiger charge is 2.31. The Morgan fingerprint density at radius 1 is 1.47 bits per heavy atom. The predicted molar refractivity (Wildman–Crippen MR) is 75.3 cm³/mol. The van der Waals surface area contributed by atoms with Gasteiger partial charge in [0.15, 0.2) is 0 Å². The molecular weight excluding hydrogens is 310 g/mol. The highest BCUT2D eigenvalue weighted by atomic mass is 79.9. The second kappa shape index (κ2) is 4.85. The molecule has 0 bridgehead atoms. The Morgan fingerprint density at radius 2 is 2.32 bits per heavy atom. The Morgan fingerprint density at radius 3 is 3.11 bits per heavy atom. The van der Waals surface area contributed by atoms with Gasteiger partial charge in [-0.3, -0.25) is 0 Å². The molecule has 0 spiro atoms. The van der Waals surface area contributed by atoms with Crippen LogP contribution in [-0.2, 0) is 0 Å². The van der Waals surface area contributed by atoms with E-state index >= 15 is 0 Å². The van der Waals surface area contributed by atoms with E-state index in [-0.39, 0.29) is 12.0 Å². The molecule has 5 nitrogen and oxygen atoms in total. The summed E-state index contributed by atoms with van der Waals surface area (Å²) >= 11 is 3.43. The number of benzene rings is 1. The molecule has 6 heteroatoms. The molecule has 0 aliphatic heterocycles. The first-order chi connectivity index (χ1) is 9.13. The minimum atomic E-state index is -0.962. The van der Waals surface area contributed by atoms with Gasteiger partial charge in [-0.1, -0.05) is 22.4 Å². The number of carbonyl (C=O) groups is 1. The van der Waals surface area contributed by atoms with Crippen LogP contribution in [0.5, 0.6) is 0 Å². The van der Waals surface area contributed by atoms with Crippen molar-refractivity contribution < 1.29 is 9.90 Å². The molecule has 1 heterocycles. The van der Waals surface area contributed by atoms with Crippen LogP contribution in [-0.4, -0.2) is 27.2 Å². The molecule has 0 saturated heterocycles. The number of hydrogen-bond donors (Lipinski definition) is 3. The molecular formula is C13H14BrN3O2. The van der Waals surface area contributed by atoms with Crippen molar-refractivity contribution in [3.63, 3.8) is 0 Å². The van der Waals surface area contributed by atoms with Gasteiger partial charge in [0.2, 0.25) is 0 Å². The summed E-state index contributed by atoms with van der Waals surface area (Å²) in [4.78, 5) is 18.7. The third-order valence-electron chi connectivity index (χ3n) is 3.64. The maximum Gasteiger partial charge on any atom is 0.404 e. The molecule has 1 aliphatic rings. The zero-order valence-corrected chi connectivity index (χ0v) is 11.8. The van der Waals surface area contributed by atoms with Crippen molar-refractivity contribution in [3.8, 4) is 0 Å². The Hall–Kier alpha value is -1.56. The molecule has 1 saturated carbocycles. The molecule has 1 aromatic heterocycles. The molecule has 1 amide bonds. The van der Waals surface area contributed by atoms with Gasteiger partial charge >= 0.3 is 6.09 Å². The first-order valence-corrected chi connectivity index (χ1v) is 7.07. The van der Waals surface area contributed by atoms with Crippen LogP contribution in [0.15, 0.2) is 22.7 Å². The number of carboxylic acid groups (broad SMARTS) is 1. The van der Waals surface area contributed by atoms with E-state index in [2.05, 4.69) is 31.2 Å². The van der Waals surface area contributed by atoms with Crippen molar-refractivity contribution in [2.75, 3.05) is 0 Å². The molecule has 19 heavy (non-hydrogen) atoms. The highest BCUT2D eigenvalue weighted by Crippen LogP contribution is 2.34. The van der Waals surface area contributed by atoms with E-state index in [1.165, 1.54) is 0 Å². The monoisotopic (exact) mass is 323 g/mol. The molecule has 2 atom stereocenters. The third-order valence-corrected chi connectivity index (χ3v) is 4.13. The average molecular weight is 324 g/mol. The van der Waals surface area contributed by atoms with Gasteiger partial charge in [-0.25, -0.2) is 9.78 Å². The number of nitrogens with zero attached hydrogens (tertiary/aromatic N) is 1. The predicted octanol–water partition coefficient (Wildman–Crippen LogP) is 3.23. The Bertz CT molecular complexity index is 625. The number of aromatic amines is 1. The summed E-state index contributed by atoms with van der Waals surface area (Å²) in [5.74, 6) is 1.02. The molecule has 3 rings (SSSR count). The van der Waals surface area contributed by atoms with Gasteiger partial charge in [-0.05, 0) is 31.0 Å². The van der Waals surface area contributed by atoms with Gasteiger partial charge in [0.25, 0.3) is 0 Å². The van der Waals surface area contributed by atoms with Crippen molar-refractivity contribution >= 4 is 33.1 Å². The van der Waals surface area contributed by atoms with E-state index in [4.69, 9.17) is 5.11 Å². The minimum Gasteiger partial charge on any atom is -0.465 e. The Balaban J connectivity index is 1.92. The fourth-order valence-electron chi connectivity index (χ4n) is 2.79. The average Bonchev–Trinajstić information content (AvgIpc) is 2.93. The quantitative estimate of drug-likeness (QED) is 0.794. The minimum absolute atomic E-state index is 0.0403. The second-order valence-electron chi connectivity index (χ2n) is 4.88. The molecule has 0 radical (unpaired) electrons. The topological polar surface area (TPSA) is 78.0 Å². The van der Waals surface area contributed by atoms with Crippen molar-refractivity contribution in [2.45, 2.75) is 31.2 Å². The zero-order chi connectivity index (χ0) is 13.4. The van der Waals surface area contributed by atoms with Gasteiger partial charge < -0.3 is 15.4 Å². The molecule has 100 valence electrons. The smallest absolute Gasteiger partial charge is 0.404 e. The van der Waals surface area contributed by atoms with E-state index in [9.17, 15) is 4.79 Å². The molecule has 0 unspecified atom stereocenters. The van der Waals surface area contributed by atoms with E-state index in [0.29, 0.717) is 0 Å². The zero-order valence-electron chi connectivity index (χ0n) is 10.2.